The second kappa shape index (κ2) is 6.34. The highest BCUT2D eigenvalue weighted by Gasteiger charge is 2.06. The van der Waals surface area contributed by atoms with Gasteiger partial charge in [-0.3, -0.25) is 9.59 Å². The Morgan fingerprint density at radius 3 is 2.62 bits per heavy atom. The maximum absolute atomic E-state index is 11.5. The van der Waals surface area contributed by atoms with Gasteiger partial charge in [-0.1, -0.05) is 18.2 Å². The standard InChI is InChI=1S/C11H13N3O2/c1-2-13-14-10(15)8-12-11(16)9-6-4-3-5-7-9/h2-7H,8H2,1H3,(H,12,16)(H,14,15). The van der Waals surface area contributed by atoms with Gasteiger partial charge in [-0.2, -0.15) is 5.10 Å². The summed E-state index contributed by atoms with van der Waals surface area (Å²) in [5.74, 6) is -0.640. The number of carbonyl (C=O) groups is 2. The van der Waals surface area contributed by atoms with Crippen molar-refractivity contribution in [1.29, 1.82) is 0 Å². The summed E-state index contributed by atoms with van der Waals surface area (Å²) in [5.41, 5.74) is 2.78. The maximum atomic E-state index is 11.5. The molecule has 0 aliphatic heterocycles. The molecule has 5 nitrogen and oxygen atoms in total. The van der Waals surface area contributed by atoms with E-state index in [4.69, 9.17) is 0 Å². The van der Waals surface area contributed by atoms with E-state index in [0.717, 1.165) is 0 Å². The van der Waals surface area contributed by atoms with E-state index in [2.05, 4.69) is 15.8 Å². The van der Waals surface area contributed by atoms with Crippen LogP contribution in [0, 0.1) is 0 Å². The molecule has 1 rings (SSSR count). The summed E-state index contributed by atoms with van der Waals surface area (Å²) in [4.78, 5) is 22.6. The van der Waals surface area contributed by atoms with Crippen LogP contribution in [0.25, 0.3) is 0 Å². The van der Waals surface area contributed by atoms with Crippen molar-refractivity contribution in [3.8, 4) is 0 Å². The Hall–Kier alpha value is -2.17. The number of carbonyl (C=O) groups excluding carboxylic acids is 2. The Labute approximate surface area is 93.5 Å². The van der Waals surface area contributed by atoms with Crippen molar-refractivity contribution in [3.63, 3.8) is 0 Å². The molecule has 0 radical (unpaired) electrons. The van der Waals surface area contributed by atoms with Crippen LogP contribution in [-0.2, 0) is 4.79 Å². The van der Waals surface area contributed by atoms with Crippen LogP contribution in [0.1, 0.15) is 17.3 Å². The van der Waals surface area contributed by atoms with Crippen molar-refractivity contribution < 1.29 is 9.59 Å². The summed E-state index contributed by atoms with van der Waals surface area (Å²) in [7, 11) is 0. The van der Waals surface area contributed by atoms with Crippen LogP contribution < -0.4 is 10.7 Å². The van der Waals surface area contributed by atoms with Gasteiger partial charge < -0.3 is 5.32 Å². The van der Waals surface area contributed by atoms with Gasteiger partial charge in [0.1, 0.15) is 0 Å². The van der Waals surface area contributed by atoms with Crippen LogP contribution in [0.4, 0.5) is 0 Å². The van der Waals surface area contributed by atoms with Crippen LogP contribution in [0.5, 0.6) is 0 Å². The van der Waals surface area contributed by atoms with Crippen molar-refractivity contribution in [3.05, 3.63) is 35.9 Å². The summed E-state index contributed by atoms with van der Waals surface area (Å²) in [6, 6.07) is 8.70. The van der Waals surface area contributed by atoms with Crippen molar-refractivity contribution >= 4 is 18.0 Å². The van der Waals surface area contributed by atoms with Gasteiger partial charge in [0.2, 0.25) is 0 Å². The van der Waals surface area contributed by atoms with Gasteiger partial charge >= 0.3 is 0 Å². The number of nitrogens with one attached hydrogen (secondary N) is 2. The third-order valence-corrected chi connectivity index (χ3v) is 1.76. The molecule has 0 heterocycles. The second-order valence-electron chi connectivity index (χ2n) is 2.97. The molecule has 0 saturated heterocycles. The summed E-state index contributed by atoms with van der Waals surface area (Å²) >= 11 is 0. The molecule has 16 heavy (non-hydrogen) atoms. The lowest BCUT2D eigenvalue weighted by Crippen LogP contribution is -2.34. The molecule has 0 spiro atoms. The minimum absolute atomic E-state index is 0.0922. The van der Waals surface area contributed by atoms with E-state index < -0.39 is 0 Å². The minimum atomic E-state index is -0.359. The lowest BCUT2D eigenvalue weighted by atomic mass is 10.2. The van der Waals surface area contributed by atoms with Crippen LogP contribution in [0.15, 0.2) is 35.4 Å². The molecule has 84 valence electrons. The summed E-state index contributed by atoms with van der Waals surface area (Å²) in [5, 5.41) is 6.03. The molecule has 0 aliphatic carbocycles. The largest absolute Gasteiger partial charge is 0.343 e. The van der Waals surface area contributed by atoms with Crippen molar-refractivity contribution in [2.24, 2.45) is 5.10 Å². The Morgan fingerprint density at radius 1 is 1.31 bits per heavy atom. The van der Waals surface area contributed by atoms with Gasteiger partial charge in [-0.15, -0.1) is 0 Å². The average Bonchev–Trinajstić information content (AvgIpc) is 2.34. The Morgan fingerprint density at radius 2 is 2.00 bits per heavy atom. The maximum Gasteiger partial charge on any atom is 0.259 e. The number of nitrogens with zero attached hydrogens (tertiary/aromatic N) is 1. The highest BCUT2D eigenvalue weighted by molar-refractivity contribution is 5.96. The van der Waals surface area contributed by atoms with Gasteiger partial charge in [-0.25, -0.2) is 5.43 Å². The predicted octanol–water partition coefficient (Wildman–Crippen LogP) is 0.538. The quantitative estimate of drug-likeness (QED) is 0.573. The average molecular weight is 219 g/mol. The third-order valence-electron chi connectivity index (χ3n) is 1.76. The molecule has 0 unspecified atom stereocenters. The number of hydrazone groups is 1. The summed E-state index contributed by atoms with van der Waals surface area (Å²) in [6.07, 6.45) is 1.46. The topological polar surface area (TPSA) is 70.6 Å². The SMILES string of the molecule is CC=NNC(=O)CNC(=O)c1ccccc1. The van der Waals surface area contributed by atoms with Crippen molar-refractivity contribution in [2.45, 2.75) is 6.92 Å². The predicted molar refractivity (Wildman–Crippen MR) is 61.1 cm³/mol. The van der Waals surface area contributed by atoms with E-state index in [1.54, 1.807) is 31.2 Å². The number of hydrogen-bond acceptors (Lipinski definition) is 3. The zero-order valence-electron chi connectivity index (χ0n) is 8.93. The van der Waals surface area contributed by atoms with Crippen LogP contribution in [0.3, 0.4) is 0 Å². The van der Waals surface area contributed by atoms with Crippen molar-refractivity contribution in [1.82, 2.24) is 10.7 Å². The first kappa shape index (κ1) is 11.9. The molecule has 0 aromatic heterocycles. The number of hydrogen-bond donors (Lipinski definition) is 2. The van der Waals surface area contributed by atoms with E-state index in [-0.39, 0.29) is 18.4 Å². The zero-order chi connectivity index (χ0) is 11.8. The molecule has 1 aromatic rings. The normalized spacial score (nSPS) is 10.1. The lowest BCUT2D eigenvalue weighted by Gasteiger charge is -2.03. The molecule has 0 atom stereocenters. The highest BCUT2D eigenvalue weighted by atomic mass is 16.2. The molecular weight excluding hydrogens is 206 g/mol. The third kappa shape index (κ3) is 3.91. The van der Waals surface area contributed by atoms with E-state index >= 15 is 0 Å². The molecule has 0 saturated carbocycles. The fraction of sp³-hybridized carbons (Fsp3) is 0.182. The van der Waals surface area contributed by atoms with E-state index in [0.29, 0.717) is 5.56 Å². The first-order valence-electron chi connectivity index (χ1n) is 4.84. The van der Waals surface area contributed by atoms with Crippen LogP contribution in [0.2, 0.25) is 0 Å². The van der Waals surface area contributed by atoms with Gasteiger partial charge in [0.05, 0.1) is 6.54 Å². The van der Waals surface area contributed by atoms with E-state index in [1.807, 2.05) is 6.07 Å². The summed E-state index contributed by atoms with van der Waals surface area (Å²) < 4.78 is 0. The Bertz CT molecular complexity index is 387. The molecule has 0 fully saturated rings. The smallest absolute Gasteiger partial charge is 0.259 e. The molecule has 1 aromatic carbocycles. The van der Waals surface area contributed by atoms with E-state index in [1.165, 1.54) is 6.21 Å². The first-order chi connectivity index (χ1) is 7.74. The molecule has 0 bridgehead atoms. The van der Waals surface area contributed by atoms with Gasteiger partial charge in [0, 0.05) is 11.8 Å². The monoisotopic (exact) mass is 219 g/mol. The molecule has 5 heteroatoms. The van der Waals surface area contributed by atoms with E-state index in [9.17, 15) is 9.59 Å². The summed E-state index contributed by atoms with van der Waals surface area (Å²) in [6.45, 7) is 1.59. The first-order valence-corrected chi connectivity index (χ1v) is 4.84. The van der Waals surface area contributed by atoms with Gasteiger partial charge in [0.15, 0.2) is 0 Å². The van der Waals surface area contributed by atoms with Crippen LogP contribution >= 0.6 is 0 Å². The number of amides is 2. The highest BCUT2D eigenvalue weighted by Crippen LogP contribution is 1.96. The zero-order valence-corrected chi connectivity index (χ0v) is 8.93. The number of rotatable bonds is 4. The minimum Gasteiger partial charge on any atom is -0.343 e. The fourth-order valence-electron chi connectivity index (χ4n) is 1.03. The van der Waals surface area contributed by atoms with Gasteiger partial charge in [0.25, 0.3) is 11.8 Å². The lowest BCUT2D eigenvalue weighted by molar-refractivity contribution is -0.120. The fourth-order valence-corrected chi connectivity index (χ4v) is 1.03. The Kier molecular flexibility index (Phi) is 4.72. The molecule has 0 aliphatic rings. The van der Waals surface area contributed by atoms with Gasteiger partial charge in [-0.05, 0) is 19.1 Å². The Balaban J connectivity index is 2.39. The second-order valence-corrected chi connectivity index (χ2v) is 2.97. The van der Waals surface area contributed by atoms with Crippen LogP contribution in [-0.4, -0.2) is 24.6 Å². The number of benzene rings is 1. The van der Waals surface area contributed by atoms with Crippen molar-refractivity contribution in [2.75, 3.05) is 6.54 Å². The molecule has 2 amide bonds. The molecular formula is C11H13N3O2. The molecule has 2 N–H and O–H groups in total.